The number of hydrogen-bond acceptors (Lipinski definition) is 4. The first-order chi connectivity index (χ1) is 12.2. The van der Waals surface area contributed by atoms with Crippen LogP contribution in [0.1, 0.15) is 16.1 Å². The van der Waals surface area contributed by atoms with Gasteiger partial charge < -0.3 is 15.4 Å². The number of ether oxygens (including phenoxy) is 1. The van der Waals surface area contributed by atoms with Gasteiger partial charge in [-0.05, 0) is 23.8 Å². The lowest BCUT2D eigenvalue weighted by Gasteiger charge is -2.08. The minimum atomic E-state index is -0.255. The van der Waals surface area contributed by atoms with Gasteiger partial charge in [0, 0.05) is 19.0 Å². The van der Waals surface area contributed by atoms with E-state index < -0.39 is 0 Å². The highest BCUT2D eigenvalue weighted by atomic mass is 16.5. The maximum absolute atomic E-state index is 12.4. The van der Waals surface area contributed by atoms with Crippen LogP contribution in [-0.4, -0.2) is 35.7 Å². The monoisotopic (exact) mass is 338 g/mol. The standard InChI is InChI=1S/C18H18N4O3/c1-19-16(23)11-25-13-6-4-5-12(9-13)10-20-18(24)17-14-7-2-3-8-15(14)21-22-17/h2-9H,10-11H2,1H3,(H,19,23)(H,20,24)(H,21,22). The summed E-state index contributed by atoms with van der Waals surface area (Å²) in [5.41, 5.74) is 2.04. The Kier molecular flexibility index (Phi) is 4.94. The lowest BCUT2D eigenvalue weighted by molar-refractivity contribution is -0.122. The summed E-state index contributed by atoms with van der Waals surface area (Å²) in [6, 6.07) is 14.7. The molecule has 0 aliphatic carbocycles. The van der Waals surface area contributed by atoms with E-state index >= 15 is 0 Å². The Morgan fingerprint density at radius 3 is 2.84 bits per heavy atom. The van der Waals surface area contributed by atoms with E-state index in [1.807, 2.05) is 36.4 Å². The number of benzene rings is 2. The van der Waals surface area contributed by atoms with Gasteiger partial charge in [0.2, 0.25) is 0 Å². The van der Waals surface area contributed by atoms with Gasteiger partial charge in [0.1, 0.15) is 5.75 Å². The predicted octanol–water partition coefficient (Wildman–Crippen LogP) is 1.62. The second-order valence-electron chi connectivity index (χ2n) is 5.41. The Bertz CT molecular complexity index is 904. The number of likely N-dealkylation sites (N-methyl/N-ethyl adjacent to an activating group) is 1. The molecule has 1 heterocycles. The fourth-order valence-corrected chi connectivity index (χ4v) is 2.37. The van der Waals surface area contributed by atoms with Crippen molar-refractivity contribution in [2.45, 2.75) is 6.54 Å². The lowest BCUT2D eigenvalue weighted by atomic mass is 10.2. The largest absolute Gasteiger partial charge is 0.484 e. The molecule has 3 rings (SSSR count). The van der Waals surface area contributed by atoms with Crippen LogP contribution >= 0.6 is 0 Å². The van der Waals surface area contributed by atoms with Crippen LogP contribution in [0.5, 0.6) is 5.75 Å². The molecule has 3 N–H and O–H groups in total. The molecule has 0 aliphatic heterocycles. The van der Waals surface area contributed by atoms with E-state index in [9.17, 15) is 9.59 Å². The maximum atomic E-state index is 12.4. The van der Waals surface area contributed by atoms with Crippen molar-refractivity contribution in [1.82, 2.24) is 20.8 Å². The molecule has 1 aromatic heterocycles. The highest BCUT2D eigenvalue weighted by Crippen LogP contribution is 2.16. The summed E-state index contributed by atoms with van der Waals surface area (Å²) >= 11 is 0. The number of aromatic amines is 1. The number of aromatic nitrogens is 2. The van der Waals surface area contributed by atoms with Crippen LogP contribution in [0.2, 0.25) is 0 Å². The van der Waals surface area contributed by atoms with Gasteiger partial charge in [-0.3, -0.25) is 14.7 Å². The molecule has 3 aromatic rings. The van der Waals surface area contributed by atoms with Crippen molar-refractivity contribution in [3.63, 3.8) is 0 Å². The topological polar surface area (TPSA) is 96.1 Å². The van der Waals surface area contributed by atoms with Crippen LogP contribution in [0.4, 0.5) is 0 Å². The summed E-state index contributed by atoms with van der Waals surface area (Å²) in [5, 5.41) is 13.0. The number of para-hydroxylation sites is 1. The third-order valence-corrected chi connectivity index (χ3v) is 3.69. The predicted molar refractivity (Wildman–Crippen MR) is 93.3 cm³/mol. The average molecular weight is 338 g/mol. The first-order valence-electron chi connectivity index (χ1n) is 7.81. The van der Waals surface area contributed by atoms with Gasteiger partial charge in [-0.2, -0.15) is 5.10 Å². The Balaban J connectivity index is 1.63. The molecule has 0 saturated carbocycles. The fourth-order valence-electron chi connectivity index (χ4n) is 2.37. The molecule has 0 spiro atoms. The van der Waals surface area contributed by atoms with Crippen molar-refractivity contribution >= 4 is 22.7 Å². The normalized spacial score (nSPS) is 10.4. The van der Waals surface area contributed by atoms with Crippen molar-refractivity contribution in [3.05, 3.63) is 59.8 Å². The number of nitrogens with zero attached hydrogens (tertiary/aromatic N) is 1. The molecule has 0 atom stereocenters. The SMILES string of the molecule is CNC(=O)COc1cccc(CNC(=O)c2n[nH]c3ccccc23)c1. The number of amides is 2. The molecule has 0 radical (unpaired) electrons. The summed E-state index contributed by atoms with van der Waals surface area (Å²) in [6.45, 7) is 0.281. The van der Waals surface area contributed by atoms with E-state index in [2.05, 4.69) is 20.8 Å². The number of nitrogens with one attached hydrogen (secondary N) is 3. The molecule has 7 heteroatoms. The first kappa shape index (κ1) is 16.5. The van der Waals surface area contributed by atoms with Gasteiger partial charge in [0.15, 0.2) is 12.3 Å². The molecular weight excluding hydrogens is 320 g/mol. The van der Waals surface area contributed by atoms with Crippen molar-refractivity contribution < 1.29 is 14.3 Å². The van der Waals surface area contributed by atoms with Crippen LogP contribution in [0.25, 0.3) is 10.9 Å². The zero-order chi connectivity index (χ0) is 17.6. The molecule has 0 saturated heterocycles. The van der Waals surface area contributed by atoms with Crippen LogP contribution in [0.15, 0.2) is 48.5 Å². The van der Waals surface area contributed by atoms with Crippen LogP contribution in [0, 0.1) is 0 Å². The second kappa shape index (κ2) is 7.48. The first-order valence-corrected chi connectivity index (χ1v) is 7.81. The van der Waals surface area contributed by atoms with E-state index in [0.29, 0.717) is 18.0 Å². The lowest BCUT2D eigenvalue weighted by Crippen LogP contribution is -2.25. The highest BCUT2D eigenvalue weighted by Gasteiger charge is 2.13. The third-order valence-electron chi connectivity index (χ3n) is 3.69. The van der Waals surface area contributed by atoms with E-state index in [0.717, 1.165) is 16.5 Å². The van der Waals surface area contributed by atoms with E-state index in [-0.39, 0.29) is 18.4 Å². The molecule has 2 amide bonds. The van der Waals surface area contributed by atoms with Crippen LogP contribution in [-0.2, 0) is 11.3 Å². The summed E-state index contributed by atoms with van der Waals surface area (Å²) in [4.78, 5) is 23.6. The minimum Gasteiger partial charge on any atom is -0.484 e. The number of carbonyl (C=O) groups is 2. The Morgan fingerprint density at radius 2 is 2.00 bits per heavy atom. The molecule has 7 nitrogen and oxygen atoms in total. The number of H-pyrrole nitrogens is 1. The third kappa shape index (κ3) is 3.95. The Morgan fingerprint density at radius 1 is 1.16 bits per heavy atom. The minimum absolute atomic E-state index is 0.0500. The summed E-state index contributed by atoms with van der Waals surface area (Å²) in [7, 11) is 1.55. The second-order valence-corrected chi connectivity index (χ2v) is 5.41. The maximum Gasteiger partial charge on any atom is 0.272 e. The van der Waals surface area contributed by atoms with Gasteiger partial charge in [0.25, 0.3) is 11.8 Å². The van der Waals surface area contributed by atoms with Gasteiger partial charge in [-0.15, -0.1) is 0 Å². The van der Waals surface area contributed by atoms with E-state index in [4.69, 9.17) is 4.74 Å². The van der Waals surface area contributed by atoms with Crippen molar-refractivity contribution in [3.8, 4) is 5.75 Å². The van der Waals surface area contributed by atoms with Crippen LogP contribution in [0.3, 0.4) is 0 Å². The zero-order valence-electron chi connectivity index (χ0n) is 13.7. The molecule has 0 fully saturated rings. The average Bonchev–Trinajstić information content (AvgIpc) is 3.08. The van der Waals surface area contributed by atoms with Crippen LogP contribution < -0.4 is 15.4 Å². The highest BCUT2D eigenvalue weighted by molar-refractivity contribution is 6.04. The van der Waals surface area contributed by atoms with Gasteiger partial charge in [-0.1, -0.05) is 30.3 Å². The smallest absolute Gasteiger partial charge is 0.272 e. The van der Waals surface area contributed by atoms with Gasteiger partial charge in [0.05, 0.1) is 5.52 Å². The molecule has 0 bridgehead atoms. The quantitative estimate of drug-likeness (QED) is 0.636. The number of rotatable bonds is 6. The van der Waals surface area contributed by atoms with E-state index in [1.54, 1.807) is 19.2 Å². The number of hydrogen-bond donors (Lipinski definition) is 3. The molecule has 0 unspecified atom stereocenters. The molecule has 25 heavy (non-hydrogen) atoms. The number of fused-ring (bicyclic) bond motifs is 1. The van der Waals surface area contributed by atoms with Gasteiger partial charge >= 0.3 is 0 Å². The van der Waals surface area contributed by atoms with Crippen molar-refractivity contribution in [2.24, 2.45) is 0 Å². The molecule has 2 aromatic carbocycles. The zero-order valence-corrected chi connectivity index (χ0v) is 13.7. The molecule has 128 valence electrons. The van der Waals surface area contributed by atoms with E-state index in [1.165, 1.54) is 0 Å². The number of carbonyl (C=O) groups excluding carboxylic acids is 2. The molecule has 0 aliphatic rings. The fraction of sp³-hybridized carbons (Fsp3) is 0.167. The Hall–Kier alpha value is -3.35. The van der Waals surface area contributed by atoms with Crippen molar-refractivity contribution in [1.29, 1.82) is 0 Å². The summed E-state index contributed by atoms with van der Waals surface area (Å²) in [6.07, 6.45) is 0. The molecular formula is C18H18N4O3. The van der Waals surface area contributed by atoms with Gasteiger partial charge in [-0.25, -0.2) is 0 Å². The summed E-state index contributed by atoms with van der Waals surface area (Å²) in [5.74, 6) is 0.110. The van der Waals surface area contributed by atoms with Crippen molar-refractivity contribution in [2.75, 3.05) is 13.7 Å². The Labute approximate surface area is 144 Å². The summed E-state index contributed by atoms with van der Waals surface area (Å²) < 4.78 is 5.39.